The molecular weight excluding hydrogens is 497 g/mol. The van der Waals surface area contributed by atoms with Crippen molar-refractivity contribution in [3.8, 4) is 11.3 Å². The van der Waals surface area contributed by atoms with E-state index in [-0.39, 0.29) is 11.3 Å². The second-order valence-electron chi connectivity index (χ2n) is 10.2. The number of carbonyl (C=O) groups is 1. The molecular formula is C30H35F3O3S. The number of carbonyl (C=O) groups excluding carboxylic acids is 1. The van der Waals surface area contributed by atoms with E-state index in [4.69, 9.17) is 9.15 Å². The molecule has 7 heteroatoms. The number of thioether (sulfide) groups is 1. The maximum atomic E-state index is 14.2. The van der Waals surface area contributed by atoms with E-state index in [1.165, 1.54) is 23.9 Å². The van der Waals surface area contributed by atoms with Crippen molar-refractivity contribution >= 4 is 28.7 Å². The average molecular weight is 533 g/mol. The monoisotopic (exact) mass is 532 g/mol. The van der Waals surface area contributed by atoms with E-state index >= 15 is 0 Å². The highest BCUT2D eigenvalue weighted by atomic mass is 32.2. The third-order valence-electron chi connectivity index (χ3n) is 6.05. The van der Waals surface area contributed by atoms with Gasteiger partial charge in [0, 0.05) is 26.2 Å². The molecule has 0 saturated heterocycles. The van der Waals surface area contributed by atoms with Gasteiger partial charge in [-0.15, -0.1) is 11.8 Å². The number of alkyl halides is 3. The summed E-state index contributed by atoms with van der Waals surface area (Å²) in [6.45, 7) is 12.9. The fourth-order valence-electron chi connectivity index (χ4n) is 4.36. The summed E-state index contributed by atoms with van der Waals surface area (Å²) >= 11 is 1.32. The number of esters is 1. The summed E-state index contributed by atoms with van der Waals surface area (Å²) < 4.78 is 53.3. The van der Waals surface area contributed by atoms with Gasteiger partial charge in [-0.05, 0) is 69.0 Å². The van der Waals surface area contributed by atoms with E-state index in [2.05, 4.69) is 13.5 Å². The molecule has 1 aromatic heterocycles. The Labute approximate surface area is 221 Å². The minimum atomic E-state index is -4.55. The van der Waals surface area contributed by atoms with Crippen molar-refractivity contribution in [3.05, 3.63) is 65.7 Å². The van der Waals surface area contributed by atoms with E-state index in [1.54, 1.807) is 26.0 Å². The van der Waals surface area contributed by atoms with Crippen molar-refractivity contribution < 1.29 is 27.1 Å². The standard InChI is InChI=1S/C30H35F3O3S/c1-7-8-9-10-21-11-12-22-16-27(36-26(22)15-21)24-14-13-23(17-25(24)30(31,32)33)37-29(5,6)18-20(4)35-28(34)19(2)3/h11-17,20H,2,7-10,18H2,1,3-6H3. The number of ether oxygens (including phenoxy) is 1. The molecule has 0 aliphatic carbocycles. The van der Waals surface area contributed by atoms with Crippen LogP contribution in [-0.2, 0) is 22.1 Å². The van der Waals surface area contributed by atoms with Crippen LogP contribution in [0.3, 0.4) is 0 Å². The fourth-order valence-corrected chi connectivity index (χ4v) is 5.63. The van der Waals surface area contributed by atoms with Gasteiger partial charge in [-0.25, -0.2) is 4.79 Å². The number of hydrogen-bond acceptors (Lipinski definition) is 4. The Kier molecular flexibility index (Phi) is 9.22. The molecule has 0 aliphatic rings. The van der Waals surface area contributed by atoms with Crippen LogP contribution in [0.25, 0.3) is 22.3 Å². The van der Waals surface area contributed by atoms with Crippen molar-refractivity contribution in [1.82, 2.24) is 0 Å². The molecule has 3 nitrogen and oxygen atoms in total. The second-order valence-corrected chi connectivity index (χ2v) is 12.0. The summed E-state index contributed by atoms with van der Waals surface area (Å²) in [5.74, 6) is -0.278. The number of halogens is 3. The van der Waals surface area contributed by atoms with Crippen LogP contribution in [0.1, 0.15) is 71.4 Å². The van der Waals surface area contributed by atoms with Crippen LogP contribution >= 0.6 is 11.8 Å². The topological polar surface area (TPSA) is 39.4 Å². The SMILES string of the molecule is C=C(C)C(=O)OC(C)CC(C)(C)Sc1ccc(-c2cc3ccc(CCCCC)cc3o2)c(C(F)(F)F)c1. The maximum Gasteiger partial charge on any atom is 0.417 e. The van der Waals surface area contributed by atoms with Gasteiger partial charge in [0.2, 0.25) is 0 Å². The van der Waals surface area contributed by atoms with Crippen LogP contribution in [-0.4, -0.2) is 16.8 Å². The zero-order valence-corrected chi connectivity index (χ0v) is 22.9. The van der Waals surface area contributed by atoms with E-state index in [0.29, 0.717) is 22.5 Å². The summed E-state index contributed by atoms with van der Waals surface area (Å²) in [4.78, 5) is 12.3. The van der Waals surface area contributed by atoms with Gasteiger partial charge in [0.15, 0.2) is 0 Å². The summed E-state index contributed by atoms with van der Waals surface area (Å²) in [6, 6.07) is 11.9. The molecule has 3 rings (SSSR count). The Hall–Kier alpha value is -2.67. The smallest absolute Gasteiger partial charge is 0.417 e. The van der Waals surface area contributed by atoms with Crippen molar-refractivity contribution in [2.24, 2.45) is 0 Å². The van der Waals surface area contributed by atoms with E-state index in [1.807, 2.05) is 32.0 Å². The van der Waals surface area contributed by atoms with Crippen molar-refractivity contribution in [1.29, 1.82) is 0 Å². The van der Waals surface area contributed by atoms with Crippen molar-refractivity contribution in [2.45, 2.75) is 88.6 Å². The highest BCUT2D eigenvalue weighted by Gasteiger charge is 2.35. The lowest BCUT2D eigenvalue weighted by Gasteiger charge is -2.28. The molecule has 0 amide bonds. The molecule has 0 N–H and O–H groups in total. The van der Waals surface area contributed by atoms with Gasteiger partial charge in [0.1, 0.15) is 17.4 Å². The average Bonchev–Trinajstić information content (AvgIpc) is 3.21. The first-order valence-corrected chi connectivity index (χ1v) is 13.4. The Bertz CT molecular complexity index is 1260. The number of benzene rings is 2. The Morgan fingerprint density at radius 2 is 1.84 bits per heavy atom. The maximum absolute atomic E-state index is 14.2. The van der Waals surface area contributed by atoms with Gasteiger partial charge in [-0.3, -0.25) is 0 Å². The zero-order chi connectivity index (χ0) is 27.4. The summed E-state index contributed by atoms with van der Waals surface area (Å²) in [7, 11) is 0. The van der Waals surface area contributed by atoms with Gasteiger partial charge in [0.05, 0.1) is 5.56 Å². The van der Waals surface area contributed by atoms with E-state index < -0.39 is 28.6 Å². The van der Waals surface area contributed by atoms with Gasteiger partial charge < -0.3 is 9.15 Å². The predicted octanol–water partition coefficient (Wildman–Crippen LogP) is 9.62. The van der Waals surface area contributed by atoms with Gasteiger partial charge >= 0.3 is 12.1 Å². The first kappa shape index (κ1) is 28.9. The van der Waals surface area contributed by atoms with Crippen LogP contribution in [0.15, 0.2) is 63.9 Å². The molecule has 1 unspecified atom stereocenters. The van der Waals surface area contributed by atoms with Crippen LogP contribution in [0.2, 0.25) is 0 Å². The first-order valence-electron chi connectivity index (χ1n) is 12.6. The third kappa shape index (κ3) is 7.91. The van der Waals surface area contributed by atoms with Crippen LogP contribution in [0, 0.1) is 0 Å². The lowest BCUT2D eigenvalue weighted by Crippen LogP contribution is -2.25. The first-order chi connectivity index (χ1) is 17.3. The number of rotatable bonds is 11. The molecule has 0 aliphatic heterocycles. The lowest BCUT2D eigenvalue weighted by atomic mass is 10.0. The molecule has 0 radical (unpaired) electrons. The Balaban J connectivity index is 1.85. The normalized spacial score (nSPS) is 13.1. The Morgan fingerprint density at radius 1 is 1.11 bits per heavy atom. The zero-order valence-electron chi connectivity index (χ0n) is 22.1. The molecule has 2 aromatic carbocycles. The minimum absolute atomic E-state index is 0.0159. The van der Waals surface area contributed by atoms with Crippen molar-refractivity contribution in [2.75, 3.05) is 0 Å². The summed E-state index contributed by atoms with van der Waals surface area (Å²) in [6.07, 6.45) is -0.250. The summed E-state index contributed by atoms with van der Waals surface area (Å²) in [5, 5.41) is 0.778. The molecule has 1 atom stereocenters. The molecule has 0 saturated carbocycles. The molecule has 0 bridgehead atoms. The number of hydrogen-bond donors (Lipinski definition) is 0. The third-order valence-corrected chi connectivity index (χ3v) is 7.25. The van der Waals surface area contributed by atoms with Gasteiger partial charge in [-0.1, -0.05) is 52.3 Å². The number of furan rings is 1. The highest BCUT2D eigenvalue weighted by molar-refractivity contribution is 8.00. The van der Waals surface area contributed by atoms with Crippen molar-refractivity contribution in [3.63, 3.8) is 0 Å². The van der Waals surface area contributed by atoms with Crippen LogP contribution < -0.4 is 0 Å². The fraction of sp³-hybridized carbons (Fsp3) is 0.433. The van der Waals surface area contributed by atoms with Gasteiger partial charge in [-0.2, -0.15) is 13.2 Å². The minimum Gasteiger partial charge on any atom is -0.459 e. The number of unbranched alkanes of at least 4 members (excludes halogenated alkanes) is 2. The van der Waals surface area contributed by atoms with E-state index in [9.17, 15) is 18.0 Å². The second kappa shape index (κ2) is 11.8. The Morgan fingerprint density at radius 3 is 2.49 bits per heavy atom. The quantitative estimate of drug-likeness (QED) is 0.107. The summed E-state index contributed by atoms with van der Waals surface area (Å²) in [5.41, 5.74) is 1.30. The van der Waals surface area contributed by atoms with Crippen LogP contribution in [0.4, 0.5) is 13.2 Å². The molecule has 200 valence electrons. The molecule has 0 spiro atoms. The van der Waals surface area contributed by atoms with Gasteiger partial charge in [0.25, 0.3) is 0 Å². The largest absolute Gasteiger partial charge is 0.459 e. The van der Waals surface area contributed by atoms with Crippen LogP contribution in [0.5, 0.6) is 0 Å². The number of aryl methyl sites for hydroxylation is 1. The predicted molar refractivity (Wildman–Crippen MR) is 145 cm³/mol. The molecule has 0 fully saturated rings. The molecule has 37 heavy (non-hydrogen) atoms. The van der Waals surface area contributed by atoms with E-state index in [0.717, 1.165) is 36.6 Å². The molecule has 3 aromatic rings. The highest BCUT2D eigenvalue weighted by Crippen LogP contribution is 2.43. The lowest BCUT2D eigenvalue weighted by molar-refractivity contribution is -0.143. The number of fused-ring (bicyclic) bond motifs is 1. The molecule has 1 heterocycles.